The van der Waals surface area contributed by atoms with Crippen molar-refractivity contribution in [1.82, 2.24) is 0 Å². The minimum atomic E-state index is -0.978. The molecular weight excluding hydrogens is 244 g/mol. The zero-order chi connectivity index (χ0) is 12.8. The number of thiophene rings is 1. The number of rotatable bonds is 2. The molecule has 1 aliphatic heterocycles. The first-order valence-corrected chi connectivity index (χ1v) is 7.01. The Morgan fingerprint density at radius 1 is 1.33 bits per heavy atom. The Morgan fingerprint density at radius 3 is 2.89 bits per heavy atom. The van der Waals surface area contributed by atoms with Gasteiger partial charge in [-0.05, 0) is 36.4 Å². The van der Waals surface area contributed by atoms with Crippen LogP contribution >= 0.6 is 11.3 Å². The highest BCUT2D eigenvalue weighted by Gasteiger charge is 2.33. The molecule has 0 amide bonds. The Hall–Kier alpha value is -1.32. The Labute approximate surface area is 111 Å². The summed E-state index contributed by atoms with van der Waals surface area (Å²) in [6.45, 7) is 4.60. The lowest BCUT2D eigenvalue weighted by Gasteiger charge is -2.25. The third-order valence-corrected chi connectivity index (χ3v) is 4.77. The lowest BCUT2D eigenvalue weighted by atomic mass is 9.90. The smallest absolute Gasteiger partial charge is 0.129 e. The topological polar surface area (TPSA) is 29.5 Å². The quantitative estimate of drug-likeness (QED) is 0.898. The number of hydrogen-bond donors (Lipinski definition) is 1. The first-order chi connectivity index (χ1) is 8.60. The van der Waals surface area contributed by atoms with Crippen LogP contribution in [0.25, 0.3) is 0 Å². The molecule has 1 unspecified atom stereocenters. The molecule has 18 heavy (non-hydrogen) atoms. The van der Waals surface area contributed by atoms with E-state index in [2.05, 4.69) is 6.07 Å². The molecule has 94 valence electrons. The number of ether oxygens (including phenoxy) is 1. The summed E-state index contributed by atoms with van der Waals surface area (Å²) < 4.78 is 5.70. The fraction of sp³-hybridized carbons (Fsp3) is 0.333. The third-order valence-electron chi connectivity index (χ3n) is 3.54. The van der Waals surface area contributed by atoms with Gasteiger partial charge in [0.15, 0.2) is 0 Å². The van der Waals surface area contributed by atoms with Gasteiger partial charge in [-0.2, -0.15) is 0 Å². The van der Waals surface area contributed by atoms with E-state index in [4.69, 9.17) is 4.74 Å². The van der Waals surface area contributed by atoms with Crippen LogP contribution in [0.5, 0.6) is 5.75 Å². The molecule has 1 atom stereocenters. The van der Waals surface area contributed by atoms with Gasteiger partial charge < -0.3 is 9.84 Å². The summed E-state index contributed by atoms with van der Waals surface area (Å²) >= 11 is 1.59. The zero-order valence-corrected chi connectivity index (χ0v) is 11.4. The lowest BCUT2D eigenvalue weighted by Crippen LogP contribution is -2.23. The predicted molar refractivity (Wildman–Crippen MR) is 73.4 cm³/mol. The minimum absolute atomic E-state index is 0.714. The molecule has 0 saturated carbocycles. The highest BCUT2D eigenvalue weighted by atomic mass is 32.1. The van der Waals surface area contributed by atoms with Crippen LogP contribution in [0.3, 0.4) is 0 Å². The fourth-order valence-corrected chi connectivity index (χ4v) is 3.59. The van der Waals surface area contributed by atoms with Gasteiger partial charge in [0, 0.05) is 16.9 Å². The molecule has 2 nitrogen and oxygen atoms in total. The van der Waals surface area contributed by atoms with Gasteiger partial charge in [0.05, 0.1) is 6.61 Å². The normalized spacial score (nSPS) is 17.1. The Bertz CT molecular complexity index is 584. The summed E-state index contributed by atoms with van der Waals surface area (Å²) in [5.41, 5.74) is 2.22. The number of aryl methyl sites for hydroxylation is 1. The Morgan fingerprint density at radius 2 is 2.17 bits per heavy atom. The SMILES string of the molecule is Cc1ccsc1C(C)(O)c1cccc2c1OCC2. The Balaban J connectivity index is 2.15. The van der Waals surface area contributed by atoms with Crippen LogP contribution in [0, 0.1) is 6.92 Å². The number of hydrogen-bond acceptors (Lipinski definition) is 3. The van der Waals surface area contributed by atoms with Crippen molar-refractivity contribution in [2.24, 2.45) is 0 Å². The summed E-state index contributed by atoms with van der Waals surface area (Å²) in [4.78, 5) is 0.992. The average molecular weight is 260 g/mol. The predicted octanol–water partition coefficient (Wildman–Crippen LogP) is 3.25. The van der Waals surface area contributed by atoms with E-state index < -0.39 is 5.60 Å². The van der Waals surface area contributed by atoms with E-state index in [1.807, 2.05) is 37.4 Å². The molecule has 0 fully saturated rings. The summed E-state index contributed by atoms with van der Waals surface area (Å²) in [5, 5.41) is 12.9. The van der Waals surface area contributed by atoms with E-state index in [0.29, 0.717) is 6.61 Å². The highest BCUT2D eigenvalue weighted by Crippen LogP contribution is 2.42. The van der Waals surface area contributed by atoms with Crippen molar-refractivity contribution < 1.29 is 9.84 Å². The molecule has 1 aromatic carbocycles. The summed E-state index contributed by atoms with van der Waals surface area (Å²) in [6.07, 6.45) is 0.933. The largest absolute Gasteiger partial charge is 0.493 e. The second kappa shape index (κ2) is 4.11. The first-order valence-electron chi connectivity index (χ1n) is 6.13. The van der Waals surface area contributed by atoms with Gasteiger partial charge >= 0.3 is 0 Å². The molecule has 3 heteroatoms. The molecule has 0 spiro atoms. The van der Waals surface area contributed by atoms with E-state index in [0.717, 1.165) is 28.2 Å². The van der Waals surface area contributed by atoms with Gasteiger partial charge in [-0.1, -0.05) is 18.2 Å². The second-order valence-electron chi connectivity index (χ2n) is 4.90. The van der Waals surface area contributed by atoms with E-state index >= 15 is 0 Å². The molecule has 0 bridgehead atoms. The van der Waals surface area contributed by atoms with Crippen LogP contribution in [0.2, 0.25) is 0 Å². The molecule has 0 saturated heterocycles. The van der Waals surface area contributed by atoms with Crippen molar-refractivity contribution in [2.45, 2.75) is 25.9 Å². The van der Waals surface area contributed by atoms with Crippen molar-refractivity contribution in [3.05, 3.63) is 51.2 Å². The number of fused-ring (bicyclic) bond motifs is 1. The Kier molecular flexibility index (Phi) is 2.68. The molecule has 2 aromatic rings. The molecule has 3 rings (SSSR count). The van der Waals surface area contributed by atoms with Crippen LogP contribution < -0.4 is 4.74 Å². The van der Waals surface area contributed by atoms with Crippen molar-refractivity contribution in [3.63, 3.8) is 0 Å². The van der Waals surface area contributed by atoms with E-state index in [1.165, 1.54) is 5.56 Å². The number of aliphatic hydroxyl groups is 1. The van der Waals surface area contributed by atoms with Gasteiger partial charge in [-0.25, -0.2) is 0 Å². The van der Waals surface area contributed by atoms with Crippen LogP contribution in [-0.4, -0.2) is 11.7 Å². The van der Waals surface area contributed by atoms with Gasteiger partial charge in [-0.15, -0.1) is 11.3 Å². The number of para-hydroxylation sites is 1. The molecule has 1 N–H and O–H groups in total. The lowest BCUT2D eigenvalue weighted by molar-refractivity contribution is 0.102. The van der Waals surface area contributed by atoms with E-state index in [1.54, 1.807) is 11.3 Å². The maximum absolute atomic E-state index is 10.9. The standard InChI is InChI=1S/C15H16O2S/c1-10-7-9-18-14(10)15(2,16)12-5-3-4-11-6-8-17-13(11)12/h3-5,7,9,16H,6,8H2,1-2H3. The molecule has 1 aromatic heterocycles. The van der Waals surface area contributed by atoms with Crippen molar-refractivity contribution in [3.8, 4) is 5.75 Å². The molecule has 2 heterocycles. The molecule has 1 aliphatic rings. The van der Waals surface area contributed by atoms with Gasteiger partial charge in [0.25, 0.3) is 0 Å². The maximum Gasteiger partial charge on any atom is 0.129 e. The molecule has 0 aliphatic carbocycles. The minimum Gasteiger partial charge on any atom is -0.493 e. The maximum atomic E-state index is 10.9. The highest BCUT2D eigenvalue weighted by molar-refractivity contribution is 7.10. The molecular formula is C15H16O2S. The van der Waals surface area contributed by atoms with Crippen LogP contribution in [0.1, 0.15) is 28.5 Å². The van der Waals surface area contributed by atoms with Crippen molar-refractivity contribution in [2.75, 3.05) is 6.61 Å². The van der Waals surface area contributed by atoms with Crippen LogP contribution in [0.15, 0.2) is 29.6 Å². The van der Waals surface area contributed by atoms with Crippen LogP contribution in [-0.2, 0) is 12.0 Å². The van der Waals surface area contributed by atoms with Gasteiger partial charge in [-0.3, -0.25) is 0 Å². The third kappa shape index (κ3) is 1.66. The van der Waals surface area contributed by atoms with Crippen LogP contribution in [0.4, 0.5) is 0 Å². The van der Waals surface area contributed by atoms with E-state index in [-0.39, 0.29) is 0 Å². The van der Waals surface area contributed by atoms with Crippen molar-refractivity contribution in [1.29, 1.82) is 0 Å². The van der Waals surface area contributed by atoms with Crippen molar-refractivity contribution >= 4 is 11.3 Å². The van der Waals surface area contributed by atoms with Gasteiger partial charge in [0.1, 0.15) is 11.4 Å². The summed E-state index contributed by atoms with van der Waals surface area (Å²) in [5.74, 6) is 0.871. The summed E-state index contributed by atoms with van der Waals surface area (Å²) in [7, 11) is 0. The van der Waals surface area contributed by atoms with E-state index in [9.17, 15) is 5.11 Å². The number of benzene rings is 1. The second-order valence-corrected chi connectivity index (χ2v) is 5.81. The molecule has 0 radical (unpaired) electrons. The summed E-state index contributed by atoms with van der Waals surface area (Å²) in [6, 6.07) is 8.07. The monoisotopic (exact) mass is 260 g/mol. The average Bonchev–Trinajstić information content (AvgIpc) is 2.96. The zero-order valence-electron chi connectivity index (χ0n) is 10.6. The fourth-order valence-electron chi connectivity index (χ4n) is 2.59. The first kappa shape index (κ1) is 11.8. The van der Waals surface area contributed by atoms with Gasteiger partial charge in [0.2, 0.25) is 0 Å².